The van der Waals surface area contributed by atoms with Gasteiger partial charge in [0, 0.05) is 10.7 Å². The average Bonchev–Trinajstić information content (AvgIpc) is 2.62. The van der Waals surface area contributed by atoms with Crippen molar-refractivity contribution in [2.75, 3.05) is 0 Å². The molecule has 0 aromatic carbocycles. The zero-order valence-corrected chi connectivity index (χ0v) is 9.20. The molecule has 2 aliphatic rings. The summed E-state index contributed by atoms with van der Waals surface area (Å²) >= 11 is 0. The number of halogens is 1. The first-order valence-electron chi connectivity index (χ1n) is 4.98. The van der Waals surface area contributed by atoms with Gasteiger partial charge in [0.05, 0.1) is 4.75 Å². The Hall–Kier alpha value is 0.240. The molecule has 0 heterocycles. The van der Waals surface area contributed by atoms with Crippen LogP contribution < -0.4 is 0 Å². The second kappa shape index (κ2) is 3.13. The SMILES string of the molecule is O=S(=O)(Cl)C1(CCC2CCC2)CC1. The molecular weight excluding hydrogens is 208 g/mol. The van der Waals surface area contributed by atoms with Gasteiger partial charge in [-0.3, -0.25) is 0 Å². The highest BCUT2D eigenvalue weighted by atomic mass is 35.7. The van der Waals surface area contributed by atoms with Crippen molar-refractivity contribution in [1.82, 2.24) is 0 Å². The lowest BCUT2D eigenvalue weighted by atomic mass is 9.81. The molecule has 0 aliphatic heterocycles. The summed E-state index contributed by atoms with van der Waals surface area (Å²) in [6, 6.07) is 0. The molecule has 0 spiro atoms. The van der Waals surface area contributed by atoms with Gasteiger partial charge in [0.1, 0.15) is 0 Å². The van der Waals surface area contributed by atoms with Crippen molar-refractivity contribution < 1.29 is 8.42 Å². The van der Waals surface area contributed by atoms with Crippen LogP contribution in [0.25, 0.3) is 0 Å². The van der Waals surface area contributed by atoms with E-state index < -0.39 is 13.8 Å². The van der Waals surface area contributed by atoms with Crippen molar-refractivity contribution in [3.8, 4) is 0 Å². The van der Waals surface area contributed by atoms with Gasteiger partial charge < -0.3 is 0 Å². The Bertz CT molecular complexity index is 289. The van der Waals surface area contributed by atoms with Gasteiger partial charge in [0.2, 0.25) is 9.05 Å². The van der Waals surface area contributed by atoms with Crippen LogP contribution in [0.4, 0.5) is 0 Å². The molecule has 2 rings (SSSR count). The van der Waals surface area contributed by atoms with Crippen molar-refractivity contribution in [3.05, 3.63) is 0 Å². The molecule has 2 saturated carbocycles. The van der Waals surface area contributed by atoms with E-state index in [9.17, 15) is 8.42 Å². The maximum absolute atomic E-state index is 11.2. The van der Waals surface area contributed by atoms with Crippen LogP contribution >= 0.6 is 10.7 Å². The Morgan fingerprint density at radius 1 is 1.31 bits per heavy atom. The van der Waals surface area contributed by atoms with E-state index in [4.69, 9.17) is 10.7 Å². The van der Waals surface area contributed by atoms with Crippen LogP contribution in [0.3, 0.4) is 0 Å². The Balaban J connectivity index is 1.86. The molecule has 76 valence electrons. The molecule has 0 unspecified atom stereocenters. The van der Waals surface area contributed by atoms with E-state index in [2.05, 4.69) is 0 Å². The smallest absolute Gasteiger partial charge is 0.212 e. The molecule has 0 N–H and O–H groups in total. The lowest BCUT2D eigenvalue weighted by Crippen LogP contribution is -2.21. The van der Waals surface area contributed by atoms with Gasteiger partial charge in [-0.1, -0.05) is 19.3 Å². The molecule has 2 fully saturated rings. The molecular formula is C9H15ClO2S. The molecule has 0 atom stereocenters. The van der Waals surface area contributed by atoms with Crippen LogP contribution in [0.5, 0.6) is 0 Å². The lowest BCUT2D eigenvalue weighted by molar-refractivity contribution is 0.286. The van der Waals surface area contributed by atoms with Gasteiger partial charge in [0.25, 0.3) is 0 Å². The average molecular weight is 223 g/mol. The summed E-state index contributed by atoms with van der Waals surface area (Å²) in [5.74, 6) is 0.788. The van der Waals surface area contributed by atoms with E-state index in [0.29, 0.717) is 0 Å². The minimum Gasteiger partial charge on any atom is -0.212 e. The second-order valence-corrected chi connectivity index (χ2v) is 7.42. The number of hydrogen-bond acceptors (Lipinski definition) is 2. The minimum absolute atomic E-state index is 0.510. The molecule has 2 nitrogen and oxygen atoms in total. The van der Waals surface area contributed by atoms with Gasteiger partial charge in [0.15, 0.2) is 0 Å². The summed E-state index contributed by atoms with van der Waals surface area (Å²) in [5, 5.41) is 0. The number of rotatable bonds is 4. The molecule has 4 heteroatoms. The maximum Gasteiger partial charge on any atom is 0.238 e. The molecule has 0 amide bonds. The van der Waals surface area contributed by atoms with E-state index in [1.165, 1.54) is 19.3 Å². The Morgan fingerprint density at radius 2 is 1.92 bits per heavy atom. The fourth-order valence-corrected chi connectivity index (χ4v) is 3.65. The lowest BCUT2D eigenvalue weighted by Gasteiger charge is -2.26. The van der Waals surface area contributed by atoms with E-state index in [1.807, 2.05) is 0 Å². The van der Waals surface area contributed by atoms with Gasteiger partial charge >= 0.3 is 0 Å². The number of hydrogen-bond donors (Lipinski definition) is 0. The van der Waals surface area contributed by atoms with Crippen molar-refractivity contribution in [3.63, 3.8) is 0 Å². The van der Waals surface area contributed by atoms with Gasteiger partial charge in [-0.05, 0) is 31.6 Å². The summed E-state index contributed by atoms with van der Waals surface area (Å²) in [4.78, 5) is 0. The van der Waals surface area contributed by atoms with Gasteiger partial charge in [-0.25, -0.2) is 8.42 Å². The predicted molar refractivity (Wildman–Crippen MR) is 53.3 cm³/mol. The van der Waals surface area contributed by atoms with Crippen LogP contribution in [0.15, 0.2) is 0 Å². The summed E-state index contributed by atoms with van der Waals surface area (Å²) in [7, 11) is 2.11. The van der Waals surface area contributed by atoms with Crippen molar-refractivity contribution in [2.45, 2.75) is 49.7 Å². The first-order valence-corrected chi connectivity index (χ1v) is 7.29. The van der Waals surface area contributed by atoms with E-state index >= 15 is 0 Å². The monoisotopic (exact) mass is 222 g/mol. The van der Waals surface area contributed by atoms with Crippen molar-refractivity contribution in [2.24, 2.45) is 5.92 Å². The molecule has 0 bridgehead atoms. The normalized spacial score (nSPS) is 26.8. The summed E-state index contributed by atoms with van der Waals surface area (Å²) in [6.07, 6.45) is 7.33. The highest BCUT2D eigenvalue weighted by Gasteiger charge is 2.53. The fourth-order valence-electron chi connectivity index (χ4n) is 2.00. The second-order valence-electron chi connectivity index (χ2n) is 4.46. The first kappa shape index (κ1) is 9.78. The van der Waals surface area contributed by atoms with Crippen LogP contribution in [0.2, 0.25) is 0 Å². The van der Waals surface area contributed by atoms with Crippen LogP contribution in [0, 0.1) is 5.92 Å². The van der Waals surface area contributed by atoms with E-state index in [1.54, 1.807) is 0 Å². The molecule has 2 aliphatic carbocycles. The van der Waals surface area contributed by atoms with E-state index in [-0.39, 0.29) is 0 Å². The highest BCUT2D eigenvalue weighted by molar-refractivity contribution is 8.15. The molecule has 13 heavy (non-hydrogen) atoms. The maximum atomic E-state index is 11.2. The molecule has 0 radical (unpaired) electrons. The molecule has 0 aromatic rings. The Kier molecular flexibility index (Phi) is 2.35. The zero-order valence-electron chi connectivity index (χ0n) is 7.63. The summed E-state index contributed by atoms with van der Waals surface area (Å²) < 4.78 is 21.9. The standard InChI is InChI=1S/C9H15ClO2S/c10-13(11,12)9(6-7-9)5-4-8-2-1-3-8/h8H,1-7H2. The fraction of sp³-hybridized carbons (Fsp3) is 1.00. The summed E-state index contributed by atoms with van der Waals surface area (Å²) in [5.41, 5.74) is 0. The minimum atomic E-state index is -3.30. The van der Waals surface area contributed by atoms with Crippen LogP contribution in [-0.4, -0.2) is 13.2 Å². The largest absolute Gasteiger partial charge is 0.238 e. The quantitative estimate of drug-likeness (QED) is 0.686. The Morgan fingerprint density at radius 3 is 2.23 bits per heavy atom. The summed E-state index contributed by atoms with van der Waals surface area (Å²) in [6.45, 7) is 0. The van der Waals surface area contributed by atoms with Crippen molar-refractivity contribution >= 4 is 19.7 Å². The van der Waals surface area contributed by atoms with Gasteiger partial charge in [-0.2, -0.15) is 0 Å². The predicted octanol–water partition coefficient (Wildman–Crippen LogP) is 2.67. The highest BCUT2D eigenvalue weighted by Crippen LogP contribution is 2.50. The van der Waals surface area contributed by atoms with E-state index in [0.717, 1.165) is 31.6 Å². The van der Waals surface area contributed by atoms with Gasteiger partial charge in [-0.15, -0.1) is 0 Å². The molecule has 0 saturated heterocycles. The van der Waals surface area contributed by atoms with Crippen LogP contribution in [-0.2, 0) is 9.05 Å². The third kappa shape index (κ3) is 1.86. The van der Waals surface area contributed by atoms with Crippen LogP contribution in [0.1, 0.15) is 44.9 Å². The first-order chi connectivity index (χ1) is 6.04. The third-order valence-electron chi connectivity index (χ3n) is 3.56. The third-order valence-corrected chi connectivity index (χ3v) is 6.19. The van der Waals surface area contributed by atoms with Crippen molar-refractivity contribution in [1.29, 1.82) is 0 Å². The Labute approximate surface area is 84.1 Å². The zero-order chi connectivity index (χ0) is 9.53. The topological polar surface area (TPSA) is 34.1 Å². The molecule has 0 aromatic heterocycles.